The van der Waals surface area contributed by atoms with Crippen molar-refractivity contribution in [2.75, 3.05) is 0 Å². The van der Waals surface area contributed by atoms with Gasteiger partial charge in [0.05, 0.1) is 18.4 Å². The third-order valence-corrected chi connectivity index (χ3v) is 1.35. The van der Waals surface area contributed by atoms with Gasteiger partial charge in [-0.25, -0.2) is 4.98 Å². The second kappa shape index (κ2) is 3.18. The van der Waals surface area contributed by atoms with Gasteiger partial charge in [0.1, 0.15) is 0 Å². The molecule has 0 radical (unpaired) electrons. The van der Waals surface area contributed by atoms with E-state index < -0.39 is 5.97 Å². The Kier molecular flexibility index (Phi) is 2.25. The van der Waals surface area contributed by atoms with Crippen molar-refractivity contribution in [1.29, 1.82) is 0 Å². The standard InChI is InChI=1S/C7H10N2O2/c1-6-4-9(5-8-6)3-2-7(10)11/h4-5H,2-3H2,1H3,(H,10,11). The van der Waals surface area contributed by atoms with Crippen LogP contribution in [0.4, 0.5) is 0 Å². The maximum Gasteiger partial charge on any atom is 0.305 e. The molecule has 0 aromatic carbocycles. The highest BCUT2D eigenvalue weighted by Crippen LogP contribution is 1.94. The summed E-state index contributed by atoms with van der Waals surface area (Å²) in [5.74, 6) is -0.781. The number of aliphatic carboxylic acids is 1. The summed E-state index contributed by atoms with van der Waals surface area (Å²) in [4.78, 5) is 14.1. The van der Waals surface area contributed by atoms with Crippen LogP contribution in [-0.2, 0) is 11.3 Å². The van der Waals surface area contributed by atoms with Gasteiger partial charge in [0.2, 0.25) is 0 Å². The molecule has 0 bridgehead atoms. The zero-order valence-electron chi connectivity index (χ0n) is 6.32. The van der Waals surface area contributed by atoms with Gasteiger partial charge in [0.25, 0.3) is 0 Å². The number of hydrogen-bond donors (Lipinski definition) is 1. The van der Waals surface area contributed by atoms with Gasteiger partial charge in [-0.05, 0) is 6.92 Å². The zero-order valence-corrected chi connectivity index (χ0v) is 6.32. The SMILES string of the molecule is Cc1cn(CCC(=O)O)cn1. The van der Waals surface area contributed by atoms with Gasteiger partial charge in [0.15, 0.2) is 0 Å². The molecule has 4 heteroatoms. The summed E-state index contributed by atoms with van der Waals surface area (Å²) in [6.45, 7) is 2.37. The van der Waals surface area contributed by atoms with Gasteiger partial charge in [-0.2, -0.15) is 0 Å². The number of carboxylic acid groups (broad SMARTS) is 1. The van der Waals surface area contributed by atoms with Gasteiger partial charge < -0.3 is 9.67 Å². The van der Waals surface area contributed by atoms with Crippen molar-refractivity contribution in [3.63, 3.8) is 0 Å². The summed E-state index contributed by atoms with van der Waals surface area (Å²) in [5.41, 5.74) is 0.912. The monoisotopic (exact) mass is 154 g/mol. The second-order valence-corrected chi connectivity index (χ2v) is 2.40. The Morgan fingerprint density at radius 1 is 1.82 bits per heavy atom. The summed E-state index contributed by atoms with van der Waals surface area (Å²) in [7, 11) is 0. The fraction of sp³-hybridized carbons (Fsp3) is 0.429. The summed E-state index contributed by atoms with van der Waals surface area (Å²) in [6, 6.07) is 0. The van der Waals surface area contributed by atoms with Crippen LogP contribution in [0.25, 0.3) is 0 Å². The summed E-state index contributed by atoms with van der Waals surface area (Å²) >= 11 is 0. The lowest BCUT2D eigenvalue weighted by atomic mass is 10.4. The summed E-state index contributed by atoms with van der Waals surface area (Å²) in [6.07, 6.45) is 3.61. The van der Waals surface area contributed by atoms with Crippen molar-refractivity contribution in [3.8, 4) is 0 Å². The molecule has 4 nitrogen and oxygen atoms in total. The van der Waals surface area contributed by atoms with Crippen LogP contribution in [0.3, 0.4) is 0 Å². The molecule has 1 aromatic rings. The Balaban J connectivity index is 2.45. The Bertz CT molecular complexity index is 255. The van der Waals surface area contributed by atoms with Crippen LogP contribution in [0.15, 0.2) is 12.5 Å². The smallest absolute Gasteiger partial charge is 0.305 e. The minimum Gasteiger partial charge on any atom is -0.481 e. The van der Waals surface area contributed by atoms with Crippen LogP contribution in [0.1, 0.15) is 12.1 Å². The van der Waals surface area contributed by atoms with Crippen LogP contribution in [0.5, 0.6) is 0 Å². The molecule has 1 rings (SSSR count). The highest BCUT2D eigenvalue weighted by Gasteiger charge is 1.97. The molecule has 0 saturated heterocycles. The number of nitrogens with zero attached hydrogens (tertiary/aromatic N) is 2. The van der Waals surface area contributed by atoms with Crippen molar-refractivity contribution in [2.24, 2.45) is 0 Å². The van der Waals surface area contributed by atoms with Crippen molar-refractivity contribution in [1.82, 2.24) is 9.55 Å². The van der Waals surface area contributed by atoms with E-state index in [1.165, 1.54) is 0 Å². The fourth-order valence-electron chi connectivity index (χ4n) is 0.819. The second-order valence-electron chi connectivity index (χ2n) is 2.40. The van der Waals surface area contributed by atoms with E-state index in [1.54, 1.807) is 10.9 Å². The highest BCUT2D eigenvalue weighted by molar-refractivity contribution is 5.66. The first-order valence-electron chi connectivity index (χ1n) is 3.38. The average Bonchev–Trinajstić information content (AvgIpc) is 2.31. The molecule has 11 heavy (non-hydrogen) atoms. The van der Waals surface area contributed by atoms with E-state index in [4.69, 9.17) is 5.11 Å². The van der Waals surface area contributed by atoms with Crippen molar-refractivity contribution < 1.29 is 9.90 Å². The largest absolute Gasteiger partial charge is 0.481 e. The molecule has 0 aliphatic rings. The Labute approximate surface area is 64.5 Å². The molecule has 60 valence electrons. The topological polar surface area (TPSA) is 55.1 Å². The summed E-state index contributed by atoms with van der Waals surface area (Å²) in [5, 5.41) is 8.35. The van der Waals surface area contributed by atoms with Gasteiger partial charge in [-0.15, -0.1) is 0 Å². The molecule has 0 spiro atoms. The molecule has 0 unspecified atom stereocenters. The number of carbonyl (C=O) groups is 1. The number of rotatable bonds is 3. The highest BCUT2D eigenvalue weighted by atomic mass is 16.4. The Morgan fingerprint density at radius 2 is 2.55 bits per heavy atom. The molecule has 0 atom stereocenters. The first-order valence-corrected chi connectivity index (χ1v) is 3.38. The normalized spacial score (nSPS) is 9.91. The molecule has 1 aromatic heterocycles. The van der Waals surface area contributed by atoms with Crippen molar-refractivity contribution in [2.45, 2.75) is 19.9 Å². The van der Waals surface area contributed by atoms with E-state index in [2.05, 4.69) is 4.98 Å². The molecule has 0 aliphatic carbocycles. The van der Waals surface area contributed by atoms with Gasteiger partial charge in [-0.1, -0.05) is 0 Å². The Morgan fingerprint density at radius 3 is 3.00 bits per heavy atom. The minimum absolute atomic E-state index is 0.149. The van der Waals surface area contributed by atoms with Crippen molar-refractivity contribution in [3.05, 3.63) is 18.2 Å². The number of aryl methyl sites for hydroxylation is 2. The molecule has 1 N–H and O–H groups in total. The number of aromatic nitrogens is 2. The van der Waals surface area contributed by atoms with Gasteiger partial charge in [-0.3, -0.25) is 4.79 Å². The molecule has 0 aliphatic heterocycles. The summed E-state index contributed by atoms with van der Waals surface area (Å²) < 4.78 is 1.77. The van der Waals surface area contributed by atoms with E-state index in [1.807, 2.05) is 13.1 Å². The average molecular weight is 154 g/mol. The predicted molar refractivity (Wildman–Crippen MR) is 39.2 cm³/mol. The predicted octanol–water partition coefficient (Wildman–Crippen LogP) is 0.666. The first kappa shape index (κ1) is 7.78. The number of hydrogen-bond acceptors (Lipinski definition) is 2. The molecular formula is C7H10N2O2. The van der Waals surface area contributed by atoms with Gasteiger partial charge >= 0.3 is 5.97 Å². The molecule has 0 saturated carbocycles. The third kappa shape index (κ3) is 2.41. The van der Waals surface area contributed by atoms with Crippen LogP contribution in [0.2, 0.25) is 0 Å². The van der Waals surface area contributed by atoms with E-state index in [0.717, 1.165) is 5.69 Å². The Hall–Kier alpha value is -1.32. The molecule has 1 heterocycles. The molecule has 0 fully saturated rings. The minimum atomic E-state index is -0.781. The van der Waals surface area contributed by atoms with E-state index in [-0.39, 0.29) is 6.42 Å². The lowest BCUT2D eigenvalue weighted by Crippen LogP contribution is -2.02. The molecule has 0 amide bonds. The molecular weight excluding hydrogens is 144 g/mol. The maximum absolute atomic E-state index is 10.1. The lowest BCUT2D eigenvalue weighted by Gasteiger charge is -1.95. The van der Waals surface area contributed by atoms with E-state index in [0.29, 0.717) is 6.54 Å². The number of carboxylic acids is 1. The van der Waals surface area contributed by atoms with E-state index >= 15 is 0 Å². The first-order chi connectivity index (χ1) is 5.18. The van der Waals surface area contributed by atoms with Crippen LogP contribution in [0, 0.1) is 6.92 Å². The van der Waals surface area contributed by atoms with E-state index in [9.17, 15) is 4.79 Å². The van der Waals surface area contributed by atoms with Crippen LogP contribution >= 0.6 is 0 Å². The zero-order chi connectivity index (χ0) is 8.27. The quantitative estimate of drug-likeness (QED) is 0.696. The number of imidazole rings is 1. The van der Waals surface area contributed by atoms with Crippen molar-refractivity contribution >= 4 is 5.97 Å². The van der Waals surface area contributed by atoms with Crippen LogP contribution < -0.4 is 0 Å². The maximum atomic E-state index is 10.1. The fourth-order valence-corrected chi connectivity index (χ4v) is 0.819. The van der Waals surface area contributed by atoms with Crippen LogP contribution in [-0.4, -0.2) is 20.6 Å². The lowest BCUT2D eigenvalue weighted by molar-refractivity contribution is -0.137. The van der Waals surface area contributed by atoms with Gasteiger partial charge in [0, 0.05) is 12.7 Å². The third-order valence-electron chi connectivity index (χ3n) is 1.35.